The molecule has 1 heterocycles. The van der Waals surface area contributed by atoms with Crippen LogP contribution in [0.4, 0.5) is 0 Å². The van der Waals surface area contributed by atoms with E-state index in [0.29, 0.717) is 5.76 Å². The second-order valence-electron chi connectivity index (χ2n) is 5.15. The van der Waals surface area contributed by atoms with E-state index in [4.69, 9.17) is 10.00 Å². The van der Waals surface area contributed by atoms with E-state index in [0.717, 1.165) is 30.7 Å². The van der Waals surface area contributed by atoms with Gasteiger partial charge in [0.25, 0.3) is 0 Å². The Labute approximate surface area is 131 Å². The van der Waals surface area contributed by atoms with Gasteiger partial charge in [0.2, 0.25) is 0 Å². The van der Waals surface area contributed by atoms with Crippen molar-refractivity contribution in [1.29, 1.82) is 5.26 Å². The van der Waals surface area contributed by atoms with Crippen LogP contribution in [0.2, 0.25) is 0 Å². The first-order valence-electron chi connectivity index (χ1n) is 7.55. The monoisotopic (exact) mass is 295 g/mol. The van der Waals surface area contributed by atoms with Crippen molar-refractivity contribution in [2.75, 3.05) is 0 Å². The number of nitrogens with zero attached hydrogens (tertiary/aromatic N) is 3. The summed E-state index contributed by atoms with van der Waals surface area (Å²) >= 11 is 0. The highest BCUT2D eigenvalue weighted by Gasteiger charge is 2.19. The molecule has 0 amide bonds. The van der Waals surface area contributed by atoms with E-state index in [2.05, 4.69) is 18.0 Å². The van der Waals surface area contributed by atoms with Gasteiger partial charge in [0.1, 0.15) is 11.6 Å². The van der Waals surface area contributed by atoms with Crippen LogP contribution < -0.4 is 0 Å². The van der Waals surface area contributed by atoms with Crippen LogP contribution in [-0.4, -0.2) is 9.55 Å². The minimum absolute atomic E-state index is 0.153. The summed E-state index contributed by atoms with van der Waals surface area (Å²) in [5.41, 5.74) is 0.903. The average Bonchev–Trinajstić information content (AvgIpc) is 2.97. The molecule has 114 valence electrons. The minimum atomic E-state index is -0.153. The lowest BCUT2D eigenvalue weighted by Gasteiger charge is -2.20. The first kappa shape index (κ1) is 15.8. The molecule has 0 spiro atoms. The largest absolute Gasteiger partial charge is 0.481 e. The number of nitriles is 1. The molecule has 0 aliphatic heterocycles. The SMILES string of the molecule is CCCCC(O/C(=C\C#N)c1ccccc1)c1nccn1C. The number of hydrogen-bond donors (Lipinski definition) is 0. The molecule has 0 fully saturated rings. The zero-order chi connectivity index (χ0) is 15.8. The molecule has 1 aromatic heterocycles. The van der Waals surface area contributed by atoms with Crippen molar-refractivity contribution in [3.8, 4) is 6.07 Å². The van der Waals surface area contributed by atoms with Gasteiger partial charge in [-0.2, -0.15) is 5.26 Å². The van der Waals surface area contributed by atoms with Crippen molar-refractivity contribution >= 4 is 5.76 Å². The summed E-state index contributed by atoms with van der Waals surface area (Å²) in [7, 11) is 1.96. The number of aromatic nitrogens is 2. The molecule has 0 aliphatic rings. The quantitative estimate of drug-likeness (QED) is 0.567. The van der Waals surface area contributed by atoms with E-state index in [1.54, 1.807) is 6.20 Å². The summed E-state index contributed by atoms with van der Waals surface area (Å²) in [5, 5.41) is 9.04. The number of hydrogen-bond acceptors (Lipinski definition) is 3. The van der Waals surface area contributed by atoms with Crippen molar-refractivity contribution in [3.05, 3.63) is 60.2 Å². The summed E-state index contributed by atoms with van der Waals surface area (Å²) in [6, 6.07) is 11.8. The first-order chi connectivity index (χ1) is 10.8. The zero-order valence-electron chi connectivity index (χ0n) is 13.1. The van der Waals surface area contributed by atoms with Crippen LogP contribution in [0.15, 0.2) is 48.8 Å². The van der Waals surface area contributed by atoms with E-state index in [1.807, 2.05) is 48.1 Å². The molecule has 2 aromatic rings. The summed E-state index contributed by atoms with van der Waals surface area (Å²) in [6.45, 7) is 2.15. The molecule has 1 atom stereocenters. The first-order valence-corrected chi connectivity index (χ1v) is 7.55. The number of unbranched alkanes of at least 4 members (excludes halogenated alkanes) is 1. The number of allylic oxidation sites excluding steroid dienone is 1. The molecule has 1 aromatic carbocycles. The minimum Gasteiger partial charge on any atom is -0.481 e. The number of rotatable bonds is 7. The Morgan fingerprint density at radius 3 is 2.77 bits per heavy atom. The molecule has 4 nitrogen and oxygen atoms in total. The number of benzene rings is 1. The Kier molecular flexibility index (Phi) is 5.79. The van der Waals surface area contributed by atoms with Gasteiger partial charge in [-0.15, -0.1) is 0 Å². The van der Waals surface area contributed by atoms with E-state index in [-0.39, 0.29) is 6.10 Å². The standard InChI is InChI=1S/C18H21N3O/c1-3-4-10-17(18-20-13-14-21(18)2)22-16(11-12-19)15-8-6-5-7-9-15/h5-9,11,13-14,17H,3-4,10H2,1-2H3/b16-11-. The second-order valence-corrected chi connectivity index (χ2v) is 5.15. The van der Waals surface area contributed by atoms with Crippen LogP contribution in [0.25, 0.3) is 5.76 Å². The van der Waals surface area contributed by atoms with Crippen molar-refractivity contribution in [2.45, 2.75) is 32.3 Å². The lowest BCUT2D eigenvalue weighted by molar-refractivity contribution is 0.144. The Morgan fingerprint density at radius 1 is 1.41 bits per heavy atom. The van der Waals surface area contributed by atoms with E-state index in [9.17, 15) is 0 Å². The highest BCUT2D eigenvalue weighted by Crippen LogP contribution is 2.28. The van der Waals surface area contributed by atoms with E-state index in [1.165, 1.54) is 6.08 Å². The topological polar surface area (TPSA) is 50.8 Å². The summed E-state index contributed by atoms with van der Waals surface area (Å²) in [6.07, 6.45) is 7.99. The summed E-state index contributed by atoms with van der Waals surface area (Å²) in [5.74, 6) is 1.47. The molecular weight excluding hydrogens is 274 g/mol. The van der Waals surface area contributed by atoms with Crippen LogP contribution in [0, 0.1) is 11.3 Å². The maximum Gasteiger partial charge on any atom is 0.156 e. The third-order valence-electron chi connectivity index (χ3n) is 3.49. The van der Waals surface area contributed by atoms with E-state index >= 15 is 0 Å². The molecule has 0 bridgehead atoms. The second kappa shape index (κ2) is 8.04. The lowest BCUT2D eigenvalue weighted by atomic mass is 10.1. The average molecular weight is 295 g/mol. The smallest absolute Gasteiger partial charge is 0.156 e. The van der Waals surface area contributed by atoms with Crippen LogP contribution >= 0.6 is 0 Å². The van der Waals surface area contributed by atoms with Gasteiger partial charge in [-0.25, -0.2) is 4.98 Å². The maximum atomic E-state index is 9.04. The molecule has 0 saturated heterocycles. The Bertz CT molecular complexity index is 652. The van der Waals surface area contributed by atoms with Gasteiger partial charge in [-0.1, -0.05) is 43.7 Å². The van der Waals surface area contributed by atoms with Crippen LogP contribution in [0.1, 0.15) is 43.7 Å². The molecule has 2 rings (SSSR count). The Balaban J connectivity index is 2.26. The van der Waals surface area contributed by atoms with Gasteiger partial charge in [0.15, 0.2) is 6.10 Å². The van der Waals surface area contributed by atoms with Crippen molar-refractivity contribution < 1.29 is 4.74 Å². The molecule has 0 radical (unpaired) electrons. The van der Waals surface area contributed by atoms with Gasteiger partial charge in [0, 0.05) is 25.0 Å². The van der Waals surface area contributed by atoms with Crippen molar-refractivity contribution in [2.24, 2.45) is 7.05 Å². The normalized spacial score (nSPS) is 12.7. The molecule has 22 heavy (non-hydrogen) atoms. The van der Waals surface area contributed by atoms with Gasteiger partial charge in [0.05, 0.1) is 12.1 Å². The van der Waals surface area contributed by atoms with Crippen molar-refractivity contribution in [3.63, 3.8) is 0 Å². The zero-order valence-corrected chi connectivity index (χ0v) is 13.1. The maximum absolute atomic E-state index is 9.04. The third kappa shape index (κ3) is 3.98. The van der Waals surface area contributed by atoms with Crippen LogP contribution in [-0.2, 0) is 11.8 Å². The predicted molar refractivity (Wildman–Crippen MR) is 86.6 cm³/mol. The molecule has 0 N–H and O–H groups in total. The third-order valence-corrected chi connectivity index (χ3v) is 3.49. The summed E-state index contributed by atoms with van der Waals surface area (Å²) < 4.78 is 8.13. The molecular formula is C18H21N3O. The fourth-order valence-electron chi connectivity index (χ4n) is 2.32. The molecule has 0 saturated carbocycles. The van der Waals surface area contributed by atoms with Gasteiger partial charge in [-0.3, -0.25) is 0 Å². The number of imidazole rings is 1. The van der Waals surface area contributed by atoms with Gasteiger partial charge >= 0.3 is 0 Å². The Morgan fingerprint density at radius 2 is 2.18 bits per heavy atom. The Hall–Kier alpha value is -2.54. The number of ether oxygens (including phenoxy) is 1. The summed E-state index contributed by atoms with van der Waals surface area (Å²) in [4.78, 5) is 4.40. The van der Waals surface area contributed by atoms with Crippen molar-refractivity contribution in [1.82, 2.24) is 9.55 Å². The fourth-order valence-corrected chi connectivity index (χ4v) is 2.32. The van der Waals surface area contributed by atoms with E-state index < -0.39 is 0 Å². The van der Waals surface area contributed by atoms with Gasteiger partial charge < -0.3 is 9.30 Å². The molecule has 4 heteroatoms. The highest BCUT2D eigenvalue weighted by molar-refractivity contribution is 5.62. The highest BCUT2D eigenvalue weighted by atomic mass is 16.5. The van der Waals surface area contributed by atoms with Crippen LogP contribution in [0.3, 0.4) is 0 Å². The lowest BCUT2D eigenvalue weighted by Crippen LogP contribution is -2.10. The van der Waals surface area contributed by atoms with Gasteiger partial charge in [-0.05, 0) is 12.8 Å². The molecule has 1 unspecified atom stereocenters. The van der Waals surface area contributed by atoms with Crippen LogP contribution in [0.5, 0.6) is 0 Å². The molecule has 0 aliphatic carbocycles. The predicted octanol–water partition coefficient (Wildman–Crippen LogP) is 4.23. The number of aryl methyl sites for hydroxylation is 1. The fraction of sp³-hybridized carbons (Fsp3) is 0.333.